The van der Waals surface area contributed by atoms with Crippen molar-refractivity contribution in [3.63, 3.8) is 0 Å². The van der Waals surface area contributed by atoms with E-state index in [2.05, 4.69) is 10.4 Å². The Morgan fingerprint density at radius 2 is 1.81 bits per heavy atom. The van der Waals surface area contributed by atoms with E-state index in [1.807, 2.05) is 0 Å². The zero-order chi connectivity index (χ0) is 26.9. The van der Waals surface area contributed by atoms with Crippen LogP contribution in [0.1, 0.15) is 33.6 Å². The maximum absolute atomic E-state index is 14.1. The van der Waals surface area contributed by atoms with E-state index in [1.165, 1.54) is 19.2 Å². The smallest absolute Gasteiger partial charge is 0.459 e. The molecule has 0 bridgehead atoms. The maximum atomic E-state index is 14.1. The van der Waals surface area contributed by atoms with Gasteiger partial charge in [0.2, 0.25) is 5.91 Å². The number of rotatable bonds is 13. The third-order valence-corrected chi connectivity index (χ3v) is 6.85. The fraction of sp³-hybridized carbons (Fsp3) is 0.636. The van der Waals surface area contributed by atoms with Gasteiger partial charge in [0.25, 0.3) is 0 Å². The molecule has 1 saturated heterocycles. The monoisotopic (exact) mass is 534 g/mol. The Kier molecular flexibility index (Phi) is 11.6. The fourth-order valence-corrected chi connectivity index (χ4v) is 5.32. The molecule has 1 aromatic carbocycles. The minimum absolute atomic E-state index is 0.0719. The molecule has 1 unspecified atom stereocenters. The summed E-state index contributed by atoms with van der Waals surface area (Å²) in [6.07, 6.45) is -5.52. The molecule has 5 N–H and O–H groups in total. The van der Waals surface area contributed by atoms with Crippen molar-refractivity contribution >= 4 is 19.6 Å². The Hall–Kier alpha value is -2.25. The Bertz CT molecular complexity index is 900. The van der Waals surface area contributed by atoms with E-state index < -0.39 is 62.9 Å². The van der Waals surface area contributed by atoms with Crippen LogP contribution in [0, 0.1) is 0 Å². The molecule has 0 saturated carbocycles. The molecule has 0 aromatic heterocycles. The van der Waals surface area contributed by atoms with Gasteiger partial charge in [-0.3, -0.25) is 14.1 Å². The van der Waals surface area contributed by atoms with E-state index in [4.69, 9.17) is 23.3 Å². The highest BCUT2D eigenvalue weighted by molar-refractivity contribution is 7.52. The molecule has 7 atom stereocenters. The van der Waals surface area contributed by atoms with Crippen LogP contribution in [0.2, 0.25) is 0 Å². The Morgan fingerprint density at radius 3 is 2.33 bits per heavy atom. The first-order valence-electron chi connectivity index (χ1n) is 11.5. The minimum atomic E-state index is -4.53. The van der Waals surface area contributed by atoms with Crippen LogP contribution in [0.25, 0.3) is 0 Å². The van der Waals surface area contributed by atoms with Crippen molar-refractivity contribution in [2.24, 2.45) is 0 Å². The largest absolute Gasteiger partial charge is 0.497 e. The second-order valence-electron chi connectivity index (χ2n) is 8.02. The zero-order valence-corrected chi connectivity index (χ0v) is 21.6. The van der Waals surface area contributed by atoms with Gasteiger partial charge >= 0.3 is 13.7 Å². The quantitative estimate of drug-likeness (QED) is 0.174. The molecule has 2 rings (SSSR count). The highest BCUT2D eigenvalue weighted by atomic mass is 31.2. The summed E-state index contributed by atoms with van der Waals surface area (Å²) in [4.78, 5) is 24.3. The molecule has 0 spiro atoms. The molecule has 36 heavy (non-hydrogen) atoms. The molecule has 1 aliphatic heterocycles. The van der Waals surface area contributed by atoms with Crippen molar-refractivity contribution in [2.75, 3.05) is 20.3 Å². The van der Waals surface area contributed by atoms with E-state index >= 15 is 0 Å². The van der Waals surface area contributed by atoms with E-state index in [0.29, 0.717) is 12.2 Å². The summed E-state index contributed by atoms with van der Waals surface area (Å²) in [6.45, 7) is 3.97. The molecule has 1 heterocycles. The molecule has 0 radical (unpaired) electrons. The van der Waals surface area contributed by atoms with Crippen LogP contribution in [-0.2, 0) is 28.2 Å². The molecule has 1 aromatic rings. The molecule has 0 aliphatic carbocycles. The lowest BCUT2D eigenvalue weighted by Crippen LogP contribution is -2.64. The van der Waals surface area contributed by atoms with E-state index in [1.54, 1.807) is 26.0 Å². The van der Waals surface area contributed by atoms with E-state index in [-0.39, 0.29) is 18.8 Å². The number of hydrogen-bond acceptors (Lipinski definition) is 11. The average Bonchev–Trinajstić information content (AvgIpc) is 2.83. The molecule has 1 aliphatic rings. The first-order valence-corrected chi connectivity index (χ1v) is 13.1. The van der Waals surface area contributed by atoms with Crippen molar-refractivity contribution in [1.29, 1.82) is 0 Å². The summed E-state index contributed by atoms with van der Waals surface area (Å²) in [6, 6.07) is 3.50. The Labute approximate surface area is 209 Å². The van der Waals surface area contributed by atoms with Crippen LogP contribution >= 0.6 is 7.75 Å². The predicted octanol–water partition coefficient (Wildman–Crippen LogP) is 0.464. The van der Waals surface area contributed by atoms with Crippen LogP contribution in [-0.4, -0.2) is 84.2 Å². The third-order valence-electron chi connectivity index (χ3n) is 5.25. The minimum Gasteiger partial charge on any atom is -0.497 e. The number of ether oxygens (including phenoxy) is 3. The predicted molar refractivity (Wildman–Crippen MR) is 126 cm³/mol. The third kappa shape index (κ3) is 8.13. The SMILES string of the molecule is CCC[C@H](NP(=O)(Oc1ccc(OC)cc1)O[C@H]1[C@H](O)[C@@H](CO)O[C@H](O)[C@@H]1NC(C)=O)C(=O)OCC. The van der Waals surface area contributed by atoms with Gasteiger partial charge in [0.1, 0.15) is 41.9 Å². The number of aliphatic hydroxyl groups excluding tert-OH is 3. The second kappa shape index (κ2) is 13.9. The zero-order valence-electron chi connectivity index (χ0n) is 20.7. The van der Waals surface area contributed by atoms with Crippen LogP contribution in [0.5, 0.6) is 11.5 Å². The number of nitrogens with one attached hydrogen (secondary N) is 2. The number of hydrogen-bond donors (Lipinski definition) is 5. The van der Waals surface area contributed by atoms with Crippen LogP contribution in [0.15, 0.2) is 24.3 Å². The van der Waals surface area contributed by atoms with Gasteiger partial charge in [0, 0.05) is 6.92 Å². The van der Waals surface area contributed by atoms with Gasteiger partial charge in [0.05, 0.1) is 20.3 Å². The van der Waals surface area contributed by atoms with Gasteiger partial charge in [0.15, 0.2) is 6.29 Å². The topological polar surface area (TPSA) is 182 Å². The van der Waals surface area contributed by atoms with E-state index in [9.17, 15) is 29.5 Å². The van der Waals surface area contributed by atoms with Gasteiger partial charge in [-0.25, -0.2) is 4.57 Å². The number of carbonyl (C=O) groups excluding carboxylic acids is 2. The normalized spacial score (nSPS) is 26.4. The summed E-state index contributed by atoms with van der Waals surface area (Å²) in [5, 5.41) is 35.7. The Morgan fingerprint density at radius 1 is 1.17 bits per heavy atom. The number of amides is 1. The van der Waals surface area contributed by atoms with Crippen LogP contribution in [0.3, 0.4) is 0 Å². The van der Waals surface area contributed by atoms with Crippen LogP contribution < -0.4 is 19.7 Å². The molecule has 14 heteroatoms. The summed E-state index contributed by atoms with van der Waals surface area (Å²) in [7, 11) is -3.06. The van der Waals surface area contributed by atoms with Gasteiger partial charge in [-0.1, -0.05) is 13.3 Å². The lowest BCUT2D eigenvalue weighted by atomic mass is 9.97. The molecule has 204 valence electrons. The first-order chi connectivity index (χ1) is 17.1. The molecular weight excluding hydrogens is 499 g/mol. The number of carbonyl (C=O) groups is 2. The first kappa shape index (κ1) is 30.0. The van der Waals surface area contributed by atoms with Crippen molar-refractivity contribution in [1.82, 2.24) is 10.4 Å². The number of esters is 1. The van der Waals surface area contributed by atoms with Crippen molar-refractivity contribution < 1.29 is 52.7 Å². The fourth-order valence-electron chi connectivity index (χ4n) is 3.57. The highest BCUT2D eigenvalue weighted by Crippen LogP contribution is 2.48. The molecular formula is C22H35N2O11P. The van der Waals surface area contributed by atoms with Gasteiger partial charge in [-0.15, -0.1) is 0 Å². The average molecular weight is 534 g/mol. The van der Waals surface area contributed by atoms with Crippen molar-refractivity contribution in [3.05, 3.63) is 24.3 Å². The number of benzene rings is 1. The molecule has 1 fully saturated rings. The van der Waals surface area contributed by atoms with Gasteiger partial charge in [-0.2, -0.15) is 5.09 Å². The summed E-state index contributed by atoms with van der Waals surface area (Å²) in [5.74, 6) is -0.718. The van der Waals surface area contributed by atoms with Crippen LogP contribution in [0.4, 0.5) is 0 Å². The summed E-state index contributed by atoms with van der Waals surface area (Å²) in [5.41, 5.74) is 0. The number of aliphatic hydroxyl groups is 3. The second-order valence-corrected chi connectivity index (χ2v) is 9.67. The summed E-state index contributed by atoms with van der Waals surface area (Å²) < 4.78 is 40.8. The Balaban J connectivity index is 2.46. The standard InChI is InChI=1S/C22H35N2O11P/c1-5-7-16(21(28)32-6-2)24-36(30,34-15-10-8-14(31-4)9-11-15)35-20-18(23-13(3)26)22(29)33-17(12-25)19(20)27/h8-11,16-20,22,25,27,29H,5-7,12H2,1-4H3,(H,23,26)(H,24,30)/t16-,17+,18+,19+,20+,22-,36?/m0/s1. The van der Waals surface area contributed by atoms with Gasteiger partial charge in [-0.05, 0) is 37.6 Å². The molecule has 13 nitrogen and oxygen atoms in total. The lowest BCUT2D eigenvalue weighted by Gasteiger charge is -2.43. The molecule has 1 amide bonds. The summed E-state index contributed by atoms with van der Waals surface area (Å²) >= 11 is 0. The number of methoxy groups -OCH3 is 1. The van der Waals surface area contributed by atoms with Gasteiger partial charge < -0.3 is 39.4 Å². The highest BCUT2D eigenvalue weighted by Gasteiger charge is 2.50. The van der Waals surface area contributed by atoms with E-state index in [0.717, 1.165) is 6.92 Å². The lowest BCUT2D eigenvalue weighted by molar-refractivity contribution is -0.250. The maximum Gasteiger partial charge on any atom is 0.459 e. The van der Waals surface area contributed by atoms with Crippen molar-refractivity contribution in [3.8, 4) is 11.5 Å². The van der Waals surface area contributed by atoms with Crippen molar-refractivity contribution in [2.45, 2.75) is 70.3 Å².